The summed E-state index contributed by atoms with van der Waals surface area (Å²) >= 11 is 0. The molecule has 3 rings (SSSR count). The van der Waals surface area contributed by atoms with Gasteiger partial charge in [-0.1, -0.05) is 6.07 Å². The van der Waals surface area contributed by atoms with Crippen LogP contribution in [0.3, 0.4) is 0 Å². The van der Waals surface area contributed by atoms with Gasteiger partial charge in [0, 0.05) is 24.9 Å². The molecule has 1 unspecified atom stereocenters. The van der Waals surface area contributed by atoms with Crippen LogP contribution in [0, 0.1) is 0 Å². The highest BCUT2D eigenvalue weighted by Gasteiger charge is 2.24. The fourth-order valence-corrected chi connectivity index (χ4v) is 2.71. The van der Waals surface area contributed by atoms with Gasteiger partial charge >= 0.3 is 0 Å². The van der Waals surface area contributed by atoms with E-state index in [1.165, 1.54) is 17.7 Å². The molecular formula is C15H18N4. The van der Waals surface area contributed by atoms with Gasteiger partial charge in [0.1, 0.15) is 5.82 Å². The molecule has 98 valence electrons. The Hall–Kier alpha value is -1.97. The zero-order chi connectivity index (χ0) is 13.1. The van der Waals surface area contributed by atoms with Crippen LogP contribution in [0.4, 0.5) is 5.82 Å². The van der Waals surface area contributed by atoms with Gasteiger partial charge in [-0.25, -0.2) is 4.98 Å². The maximum atomic E-state index is 4.67. The molecule has 0 spiro atoms. The van der Waals surface area contributed by atoms with Crippen molar-refractivity contribution in [1.29, 1.82) is 0 Å². The van der Waals surface area contributed by atoms with E-state index in [4.69, 9.17) is 0 Å². The van der Waals surface area contributed by atoms with Gasteiger partial charge in [0.25, 0.3) is 0 Å². The molecule has 4 heteroatoms. The molecular weight excluding hydrogens is 236 g/mol. The average Bonchev–Trinajstić information content (AvgIpc) is 2.47. The number of pyridine rings is 1. The second kappa shape index (κ2) is 5.34. The molecule has 1 aliphatic carbocycles. The van der Waals surface area contributed by atoms with E-state index in [2.05, 4.69) is 33.3 Å². The van der Waals surface area contributed by atoms with Crippen LogP contribution in [0.25, 0.3) is 0 Å². The molecule has 0 amide bonds. The minimum absolute atomic E-state index is 0.288. The average molecular weight is 254 g/mol. The van der Waals surface area contributed by atoms with E-state index in [0.29, 0.717) is 0 Å². The van der Waals surface area contributed by atoms with E-state index in [9.17, 15) is 0 Å². The van der Waals surface area contributed by atoms with Crippen molar-refractivity contribution >= 4 is 5.82 Å². The molecule has 2 aromatic rings. The summed E-state index contributed by atoms with van der Waals surface area (Å²) in [6.45, 7) is 2.92. The van der Waals surface area contributed by atoms with E-state index < -0.39 is 0 Å². The van der Waals surface area contributed by atoms with Crippen molar-refractivity contribution in [2.45, 2.75) is 32.1 Å². The highest BCUT2D eigenvalue weighted by atomic mass is 15.0. The first-order chi connectivity index (χ1) is 9.38. The fraction of sp³-hybridized carbons (Fsp3) is 0.400. The first-order valence-corrected chi connectivity index (χ1v) is 6.88. The summed E-state index contributed by atoms with van der Waals surface area (Å²) in [6, 6.07) is 4.19. The molecule has 0 bridgehead atoms. The molecule has 0 radical (unpaired) electrons. The third-order valence-corrected chi connectivity index (χ3v) is 3.56. The molecule has 0 aromatic carbocycles. The number of rotatable bonds is 3. The minimum atomic E-state index is 0.288. The summed E-state index contributed by atoms with van der Waals surface area (Å²) in [4.78, 5) is 13.5. The molecule has 0 aliphatic heterocycles. The van der Waals surface area contributed by atoms with Crippen molar-refractivity contribution in [1.82, 2.24) is 15.0 Å². The lowest BCUT2D eigenvalue weighted by Gasteiger charge is -2.23. The third-order valence-electron chi connectivity index (χ3n) is 3.56. The number of anilines is 1. The van der Waals surface area contributed by atoms with Crippen molar-refractivity contribution in [2.24, 2.45) is 0 Å². The number of aryl methyl sites for hydroxylation is 1. The molecule has 4 nitrogen and oxygen atoms in total. The molecule has 1 atom stereocenters. The number of aromatic nitrogens is 3. The van der Waals surface area contributed by atoms with Gasteiger partial charge in [-0.05, 0) is 37.8 Å². The summed E-state index contributed by atoms with van der Waals surface area (Å²) < 4.78 is 0. The minimum Gasteiger partial charge on any atom is -0.369 e. The standard InChI is InChI=1S/C15H18N4/c1-2-17-14-10-16-9-13(19-14)12-7-3-5-11-6-4-8-18-15(11)12/h4,6,8-10,12H,2-3,5,7H2,1H3,(H,17,19). The van der Waals surface area contributed by atoms with Crippen LogP contribution >= 0.6 is 0 Å². The van der Waals surface area contributed by atoms with Crippen molar-refractivity contribution in [3.63, 3.8) is 0 Å². The van der Waals surface area contributed by atoms with E-state index in [1.54, 1.807) is 6.20 Å². The topological polar surface area (TPSA) is 50.7 Å². The Morgan fingerprint density at radius 3 is 3.21 bits per heavy atom. The van der Waals surface area contributed by atoms with Crippen molar-refractivity contribution in [2.75, 3.05) is 11.9 Å². The number of nitrogens with one attached hydrogen (secondary N) is 1. The Labute approximate surface area is 113 Å². The highest BCUT2D eigenvalue weighted by Crippen LogP contribution is 2.34. The molecule has 0 saturated carbocycles. The van der Waals surface area contributed by atoms with Gasteiger partial charge in [-0.2, -0.15) is 0 Å². The lowest BCUT2D eigenvalue weighted by molar-refractivity contribution is 0.586. The number of hydrogen-bond donors (Lipinski definition) is 1. The van der Waals surface area contributed by atoms with Crippen LogP contribution in [0.15, 0.2) is 30.7 Å². The van der Waals surface area contributed by atoms with Crippen LogP contribution < -0.4 is 5.32 Å². The zero-order valence-corrected chi connectivity index (χ0v) is 11.1. The summed E-state index contributed by atoms with van der Waals surface area (Å²) in [5.74, 6) is 1.14. The maximum absolute atomic E-state index is 4.67. The summed E-state index contributed by atoms with van der Waals surface area (Å²) in [5, 5.41) is 3.22. The van der Waals surface area contributed by atoms with Gasteiger partial charge in [-0.3, -0.25) is 9.97 Å². The molecule has 0 fully saturated rings. The van der Waals surface area contributed by atoms with Gasteiger partial charge in [0.05, 0.1) is 17.6 Å². The Kier molecular flexibility index (Phi) is 3.40. The predicted molar refractivity (Wildman–Crippen MR) is 75.2 cm³/mol. The largest absolute Gasteiger partial charge is 0.369 e. The molecule has 0 saturated heterocycles. The second-order valence-electron chi connectivity index (χ2n) is 4.85. The zero-order valence-electron chi connectivity index (χ0n) is 11.1. The summed E-state index contributed by atoms with van der Waals surface area (Å²) in [5.41, 5.74) is 3.56. The Bertz CT molecular complexity index is 568. The van der Waals surface area contributed by atoms with E-state index in [1.807, 2.05) is 18.5 Å². The predicted octanol–water partition coefficient (Wildman–Crippen LogP) is 2.77. The third kappa shape index (κ3) is 2.43. The van der Waals surface area contributed by atoms with E-state index in [-0.39, 0.29) is 5.92 Å². The van der Waals surface area contributed by atoms with Crippen molar-refractivity contribution < 1.29 is 0 Å². The number of hydrogen-bond acceptors (Lipinski definition) is 4. The first kappa shape index (κ1) is 12.1. The smallest absolute Gasteiger partial charge is 0.144 e. The van der Waals surface area contributed by atoms with Crippen molar-refractivity contribution in [3.8, 4) is 0 Å². The quantitative estimate of drug-likeness (QED) is 0.915. The molecule has 1 N–H and O–H groups in total. The van der Waals surface area contributed by atoms with Gasteiger partial charge in [0.2, 0.25) is 0 Å². The second-order valence-corrected chi connectivity index (χ2v) is 4.85. The summed E-state index contributed by atoms with van der Waals surface area (Å²) in [7, 11) is 0. The molecule has 2 heterocycles. The highest BCUT2D eigenvalue weighted by molar-refractivity contribution is 5.36. The number of nitrogens with zero attached hydrogens (tertiary/aromatic N) is 3. The Morgan fingerprint density at radius 2 is 2.32 bits per heavy atom. The normalized spacial score (nSPS) is 17.8. The lowest BCUT2D eigenvalue weighted by atomic mass is 9.85. The Morgan fingerprint density at radius 1 is 1.37 bits per heavy atom. The fourth-order valence-electron chi connectivity index (χ4n) is 2.71. The van der Waals surface area contributed by atoms with Crippen LogP contribution in [0.5, 0.6) is 0 Å². The van der Waals surface area contributed by atoms with E-state index >= 15 is 0 Å². The van der Waals surface area contributed by atoms with Crippen LogP contribution in [0.2, 0.25) is 0 Å². The monoisotopic (exact) mass is 254 g/mol. The Balaban J connectivity index is 1.97. The van der Waals surface area contributed by atoms with Crippen molar-refractivity contribution in [3.05, 3.63) is 47.7 Å². The first-order valence-electron chi connectivity index (χ1n) is 6.88. The van der Waals surface area contributed by atoms with Crippen LogP contribution in [0.1, 0.15) is 42.6 Å². The van der Waals surface area contributed by atoms with Gasteiger partial charge < -0.3 is 5.32 Å². The van der Waals surface area contributed by atoms with Crippen LogP contribution in [-0.2, 0) is 6.42 Å². The van der Waals surface area contributed by atoms with Gasteiger partial charge in [0.15, 0.2) is 0 Å². The summed E-state index contributed by atoms with van der Waals surface area (Å²) in [6.07, 6.45) is 8.94. The lowest BCUT2D eigenvalue weighted by Crippen LogP contribution is -2.15. The maximum Gasteiger partial charge on any atom is 0.144 e. The molecule has 19 heavy (non-hydrogen) atoms. The molecule has 1 aliphatic rings. The number of fused-ring (bicyclic) bond motifs is 1. The molecule has 2 aromatic heterocycles. The van der Waals surface area contributed by atoms with E-state index in [0.717, 1.165) is 30.9 Å². The van der Waals surface area contributed by atoms with Gasteiger partial charge in [-0.15, -0.1) is 0 Å². The SMILES string of the molecule is CCNc1cncc(C2CCCc3cccnc32)n1. The van der Waals surface area contributed by atoms with Crippen LogP contribution in [-0.4, -0.2) is 21.5 Å².